The monoisotopic (exact) mass is 352 g/mol. The fourth-order valence-corrected chi connectivity index (χ4v) is 2.96. The van der Waals surface area contributed by atoms with Crippen LogP contribution in [0.5, 0.6) is 11.6 Å². The molecule has 1 atom stereocenters. The summed E-state index contributed by atoms with van der Waals surface area (Å²) < 4.78 is 11.4. The number of fused-ring (bicyclic) bond motifs is 3. The molecule has 0 fully saturated rings. The summed E-state index contributed by atoms with van der Waals surface area (Å²) in [6, 6.07) is 15.7. The molecule has 7 heteroatoms. The molecule has 6 nitrogen and oxygen atoms in total. The molecule has 2 heterocycles. The zero-order chi connectivity index (χ0) is 17.2. The van der Waals surface area contributed by atoms with Gasteiger partial charge in [-0.2, -0.15) is 4.98 Å². The minimum absolute atomic E-state index is 0.389. The van der Waals surface area contributed by atoms with E-state index in [0.717, 1.165) is 22.6 Å². The van der Waals surface area contributed by atoms with Gasteiger partial charge in [-0.1, -0.05) is 30.0 Å². The quantitative estimate of drug-likeness (QED) is 0.720. The molecule has 0 radical (unpaired) electrons. The number of rotatable bonds is 3. The molecule has 1 N–H and O–H groups in total. The maximum atomic E-state index is 6.16. The Balaban J connectivity index is 1.81. The highest BCUT2D eigenvalue weighted by Gasteiger charge is 2.25. The highest BCUT2D eigenvalue weighted by molar-refractivity contribution is 7.98. The van der Waals surface area contributed by atoms with Crippen molar-refractivity contribution in [1.82, 2.24) is 15.2 Å². The zero-order valence-corrected chi connectivity index (χ0v) is 14.6. The number of aromatic nitrogens is 3. The summed E-state index contributed by atoms with van der Waals surface area (Å²) in [5.41, 5.74) is 3.45. The molecule has 4 rings (SSSR count). The first-order valence-corrected chi connectivity index (χ1v) is 8.96. The molecule has 2 aromatic carbocycles. The van der Waals surface area contributed by atoms with E-state index >= 15 is 0 Å². The van der Waals surface area contributed by atoms with Crippen LogP contribution in [-0.2, 0) is 0 Å². The number of thioether (sulfide) groups is 1. The molecule has 0 aliphatic carbocycles. The Kier molecular flexibility index (Phi) is 4.15. The molecule has 0 bridgehead atoms. The van der Waals surface area contributed by atoms with Gasteiger partial charge >= 0.3 is 0 Å². The molecular weight excluding hydrogens is 336 g/mol. The Labute approximate surface area is 149 Å². The second-order valence-corrected chi connectivity index (χ2v) is 6.19. The molecule has 1 aliphatic rings. The minimum atomic E-state index is -0.389. The van der Waals surface area contributed by atoms with E-state index in [1.165, 1.54) is 11.8 Å². The molecule has 126 valence electrons. The average molecular weight is 352 g/mol. The molecule has 1 aromatic heterocycles. The summed E-state index contributed by atoms with van der Waals surface area (Å²) in [4.78, 5) is 4.50. The van der Waals surface area contributed by atoms with E-state index in [0.29, 0.717) is 16.7 Å². The van der Waals surface area contributed by atoms with Crippen LogP contribution in [0.15, 0.2) is 53.7 Å². The number of hydrogen-bond acceptors (Lipinski definition) is 7. The van der Waals surface area contributed by atoms with Crippen molar-refractivity contribution in [3.05, 3.63) is 54.1 Å². The number of nitrogens with one attached hydrogen (secondary N) is 1. The Bertz CT molecular complexity index is 902. The van der Waals surface area contributed by atoms with E-state index in [4.69, 9.17) is 9.47 Å². The van der Waals surface area contributed by atoms with Crippen molar-refractivity contribution in [2.75, 3.05) is 18.7 Å². The molecule has 0 saturated heterocycles. The largest absolute Gasteiger partial charge is 0.497 e. The Morgan fingerprint density at radius 1 is 1.08 bits per heavy atom. The number of benzene rings is 2. The third-order valence-corrected chi connectivity index (χ3v) is 4.47. The normalized spacial score (nSPS) is 15.2. The highest BCUT2D eigenvalue weighted by atomic mass is 32.2. The predicted molar refractivity (Wildman–Crippen MR) is 97.0 cm³/mol. The number of ether oxygens (including phenoxy) is 2. The van der Waals surface area contributed by atoms with Crippen LogP contribution in [-0.4, -0.2) is 28.5 Å². The molecule has 0 unspecified atom stereocenters. The highest BCUT2D eigenvalue weighted by Crippen LogP contribution is 2.39. The van der Waals surface area contributed by atoms with Gasteiger partial charge in [0.2, 0.25) is 11.0 Å². The second-order valence-electron chi connectivity index (χ2n) is 5.41. The first-order valence-electron chi connectivity index (χ1n) is 7.74. The molecule has 0 saturated carbocycles. The lowest BCUT2D eigenvalue weighted by atomic mass is 10.1. The molecule has 25 heavy (non-hydrogen) atoms. The summed E-state index contributed by atoms with van der Waals surface area (Å²) in [6.45, 7) is 0. The minimum Gasteiger partial charge on any atom is -0.497 e. The van der Waals surface area contributed by atoms with Crippen molar-refractivity contribution in [2.24, 2.45) is 0 Å². The van der Waals surface area contributed by atoms with Gasteiger partial charge in [0.05, 0.1) is 7.11 Å². The van der Waals surface area contributed by atoms with Crippen LogP contribution < -0.4 is 14.8 Å². The molecule has 1 aliphatic heterocycles. The van der Waals surface area contributed by atoms with Crippen LogP contribution in [0.3, 0.4) is 0 Å². The fourth-order valence-electron chi connectivity index (χ4n) is 2.66. The third-order valence-electron chi connectivity index (χ3n) is 3.93. The second kappa shape index (κ2) is 6.60. The first-order chi connectivity index (χ1) is 12.3. The smallest absolute Gasteiger partial charge is 0.247 e. The van der Waals surface area contributed by atoms with Gasteiger partial charge in [-0.3, -0.25) is 0 Å². The number of nitrogens with zero attached hydrogens (tertiary/aromatic N) is 3. The Morgan fingerprint density at radius 3 is 2.64 bits per heavy atom. The van der Waals surface area contributed by atoms with Gasteiger partial charge in [0, 0.05) is 16.8 Å². The van der Waals surface area contributed by atoms with Gasteiger partial charge in [0.1, 0.15) is 5.75 Å². The van der Waals surface area contributed by atoms with E-state index in [-0.39, 0.29) is 6.23 Å². The molecule has 0 amide bonds. The van der Waals surface area contributed by atoms with Gasteiger partial charge in [-0.25, -0.2) is 0 Å². The zero-order valence-electron chi connectivity index (χ0n) is 13.8. The number of hydrogen-bond donors (Lipinski definition) is 1. The summed E-state index contributed by atoms with van der Waals surface area (Å²) in [7, 11) is 1.65. The maximum Gasteiger partial charge on any atom is 0.247 e. The molecular formula is C18H16N4O2S. The maximum absolute atomic E-state index is 6.16. The Hall–Kier alpha value is -2.80. The van der Waals surface area contributed by atoms with Crippen LogP contribution in [0.25, 0.3) is 11.3 Å². The topological polar surface area (TPSA) is 69.2 Å². The van der Waals surface area contributed by atoms with E-state index < -0.39 is 0 Å². The van der Waals surface area contributed by atoms with E-state index in [9.17, 15) is 0 Å². The van der Waals surface area contributed by atoms with Crippen molar-refractivity contribution in [3.8, 4) is 22.9 Å². The van der Waals surface area contributed by atoms with Crippen molar-refractivity contribution >= 4 is 17.4 Å². The van der Waals surface area contributed by atoms with E-state index in [1.54, 1.807) is 7.11 Å². The van der Waals surface area contributed by atoms with Gasteiger partial charge in [-0.05, 0) is 36.6 Å². The van der Waals surface area contributed by atoms with E-state index in [1.807, 2.05) is 54.8 Å². The van der Waals surface area contributed by atoms with Gasteiger partial charge in [0.25, 0.3) is 0 Å². The van der Waals surface area contributed by atoms with Crippen molar-refractivity contribution in [1.29, 1.82) is 0 Å². The summed E-state index contributed by atoms with van der Waals surface area (Å²) in [6.07, 6.45) is 1.52. The van der Waals surface area contributed by atoms with Crippen molar-refractivity contribution in [2.45, 2.75) is 11.4 Å². The predicted octanol–water partition coefficient (Wildman–Crippen LogP) is 3.77. The van der Waals surface area contributed by atoms with Crippen LogP contribution in [0, 0.1) is 0 Å². The number of methoxy groups -OCH3 is 1. The summed E-state index contributed by atoms with van der Waals surface area (Å²) >= 11 is 1.43. The summed E-state index contributed by atoms with van der Waals surface area (Å²) in [5.74, 6) is 1.27. The third kappa shape index (κ3) is 2.98. The van der Waals surface area contributed by atoms with Gasteiger partial charge in [0.15, 0.2) is 11.9 Å². The lowest BCUT2D eigenvalue weighted by molar-refractivity contribution is 0.225. The summed E-state index contributed by atoms with van der Waals surface area (Å²) in [5, 5.41) is 12.5. The van der Waals surface area contributed by atoms with Crippen LogP contribution >= 0.6 is 11.8 Å². The Morgan fingerprint density at radius 2 is 1.88 bits per heavy atom. The fraction of sp³-hybridized carbons (Fsp3) is 0.167. The van der Waals surface area contributed by atoms with Crippen LogP contribution in [0.2, 0.25) is 0 Å². The van der Waals surface area contributed by atoms with Crippen molar-refractivity contribution in [3.63, 3.8) is 0 Å². The van der Waals surface area contributed by atoms with Crippen LogP contribution in [0.4, 0.5) is 5.69 Å². The van der Waals surface area contributed by atoms with Crippen LogP contribution in [0.1, 0.15) is 11.8 Å². The average Bonchev–Trinajstić information content (AvgIpc) is 2.84. The first kappa shape index (κ1) is 15.7. The standard InChI is InChI=1S/C18H16N4O2S/c1-23-12-9-7-11(8-10-12)16-19-14-6-4-3-5-13(14)15-17(24-16)20-18(25-2)22-21-15/h3-10,16,19H,1-2H3/t16-/m0/s1. The molecule has 0 spiro atoms. The molecule has 3 aromatic rings. The number of anilines is 1. The SMILES string of the molecule is COc1ccc([C@H]2Nc3ccccc3-c3nnc(SC)nc3O2)cc1. The van der Waals surface area contributed by atoms with E-state index in [2.05, 4.69) is 20.5 Å². The number of para-hydroxylation sites is 1. The lowest BCUT2D eigenvalue weighted by Gasteiger charge is -2.19. The lowest BCUT2D eigenvalue weighted by Crippen LogP contribution is -2.17. The van der Waals surface area contributed by atoms with Gasteiger partial charge < -0.3 is 14.8 Å². The van der Waals surface area contributed by atoms with Gasteiger partial charge in [-0.15, -0.1) is 10.2 Å². The van der Waals surface area contributed by atoms with Crippen molar-refractivity contribution < 1.29 is 9.47 Å².